The van der Waals surface area contributed by atoms with E-state index in [2.05, 4.69) is 23.2 Å². The van der Waals surface area contributed by atoms with Gasteiger partial charge in [0.15, 0.2) is 0 Å². The zero-order chi connectivity index (χ0) is 13.1. The summed E-state index contributed by atoms with van der Waals surface area (Å²) in [5.41, 5.74) is 1.38. The minimum Gasteiger partial charge on any atom is -0.468 e. The van der Waals surface area contributed by atoms with Gasteiger partial charge in [0.25, 0.3) is 0 Å². The van der Waals surface area contributed by atoms with E-state index in [1.54, 1.807) is 0 Å². The lowest BCUT2D eigenvalue weighted by Crippen LogP contribution is -2.32. The molecule has 0 atom stereocenters. The monoisotopic (exact) mass is 262 g/mol. The second kappa shape index (κ2) is 6.10. The third-order valence-electron chi connectivity index (χ3n) is 4.59. The first-order valence-corrected chi connectivity index (χ1v) is 7.89. The lowest BCUT2D eigenvalue weighted by Gasteiger charge is -2.27. The van der Waals surface area contributed by atoms with Crippen molar-refractivity contribution in [2.45, 2.75) is 70.6 Å². The Balaban J connectivity index is 1.58. The Kier molecular flexibility index (Phi) is 4.24. The Morgan fingerprint density at radius 3 is 2.74 bits per heavy atom. The summed E-state index contributed by atoms with van der Waals surface area (Å²) in [6, 6.07) is 3.70. The smallest absolute Gasteiger partial charge is 0.122 e. The Morgan fingerprint density at radius 1 is 1.26 bits per heavy atom. The van der Waals surface area contributed by atoms with E-state index in [1.165, 1.54) is 44.1 Å². The summed E-state index contributed by atoms with van der Waals surface area (Å²) in [6.45, 7) is 5.38. The number of nitrogens with one attached hydrogen (secondary N) is 1. The molecule has 19 heavy (non-hydrogen) atoms. The van der Waals surface area contributed by atoms with E-state index >= 15 is 0 Å². The van der Waals surface area contributed by atoms with Crippen LogP contribution in [0.4, 0.5) is 0 Å². The van der Waals surface area contributed by atoms with Crippen LogP contribution >= 0.6 is 0 Å². The highest BCUT2D eigenvalue weighted by atomic mass is 16.3. The van der Waals surface area contributed by atoms with Crippen molar-refractivity contribution in [3.05, 3.63) is 23.7 Å². The fourth-order valence-electron chi connectivity index (χ4n) is 3.17. The minimum atomic E-state index is 0.745. The van der Waals surface area contributed by atoms with Crippen molar-refractivity contribution in [3.63, 3.8) is 0 Å². The Bertz CT molecular complexity index is 391. The molecule has 1 heterocycles. The van der Waals surface area contributed by atoms with Crippen molar-refractivity contribution in [1.82, 2.24) is 10.2 Å². The predicted octanol–water partition coefficient (Wildman–Crippen LogP) is 3.30. The first-order chi connectivity index (χ1) is 9.36. The van der Waals surface area contributed by atoms with Crippen molar-refractivity contribution >= 4 is 0 Å². The summed E-state index contributed by atoms with van der Waals surface area (Å²) in [4.78, 5) is 2.62. The van der Waals surface area contributed by atoms with Gasteiger partial charge in [-0.15, -0.1) is 0 Å². The van der Waals surface area contributed by atoms with Gasteiger partial charge >= 0.3 is 0 Å². The fourth-order valence-corrected chi connectivity index (χ4v) is 3.17. The molecule has 0 aliphatic heterocycles. The van der Waals surface area contributed by atoms with Gasteiger partial charge in [0.1, 0.15) is 5.76 Å². The molecule has 3 nitrogen and oxygen atoms in total. The molecule has 2 aliphatic carbocycles. The average Bonchev–Trinajstić information content (AvgIpc) is 2.92. The number of rotatable bonds is 7. The predicted molar refractivity (Wildman–Crippen MR) is 76.9 cm³/mol. The first kappa shape index (κ1) is 13.2. The SMILES string of the molecule is CCN(Cc1ccoc1CNC1CC1)C1CCCC1. The second-order valence-electron chi connectivity index (χ2n) is 6.03. The summed E-state index contributed by atoms with van der Waals surface area (Å²) in [5, 5.41) is 3.55. The van der Waals surface area contributed by atoms with E-state index in [0.717, 1.165) is 37.5 Å². The number of hydrogen-bond donors (Lipinski definition) is 1. The van der Waals surface area contributed by atoms with E-state index in [-0.39, 0.29) is 0 Å². The van der Waals surface area contributed by atoms with E-state index in [4.69, 9.17) is 4.42 Å². The highest BCUT2D eigenvalue weighted by molar-refractivity contribution is 5.17. The van der Waals surface area contributed by atoms with Gasteiger partial charge in [0.2, 0.25) is 0 Å². The molecule has 0 radical (unpaired) electrons. The standard InChI is InChI=1S/C16H26N2O/c1-2-18(15-5-3-4-6-15)12-13-9-10-19-16(13)11-17-14-7-8-14/h9-10,14-15,17H,2-8,11-12H2,1H3. The van der Waals surface area contributed by atoms with Crippen molar-refractivity contribution in [2.75, 3.05) is 6.54 Å². The molecule has 0 spiro atoms. The van der Waals surface area contributed by atoms with Crippen LogP contribution in [0.2, 0.25) is 0 Å². The van der Waals surface area contributed by atoms with Crippen molar-refractivity contribution in [3.8, 4) is 0 Å². The normalized spacial score (nSPS) is 20.5. The third kappa shape index (κ3) is 3.40. The maximum absolute atomic E-state index is 5.66. The molecule has 3 rings (SSSR count). The molecule has 0 unspecified atom stereocenters. The summed E-state index contributed by atoms with van der Waals surface area (Å²) in [5.74, 6) is 1.14. The van der Waals surface area contributed by atoms with E-state index < -0.39 is 0 Å². The van der Waals surface area contributed by atoms with E-state index in [0.29, 0.717) is 0 Å². The van der Waals surface area contributed by atoms with Crippen LogP contribution in [0.3, 0.4) is 0 Å². The van der Waals surface area contributed by atoms with Crippen LogP contribution < -0.4 is 5.32 Å². The highest BCUT2D eigenvalue weighted by Gasteiger charge is 2.24. The van der Waals surface area contributed by atoms with Crippen LogP contribution in [0.25, 0.3) is 0 Å². The maximum atomic E-state index is 5.66. The maximum Gasteiger partial charge on any atom is 0.122 e. The van der Waals surface area contributed by atoms with Crippen molar-refractivity contribution in [1.29, 1.82) is 0 Å². The third-order valence-corrected chi connectivity index (χ3v) is 4.59. The zero-order valence-corrected chi connectivity index (χ0v) is 12.0. The molecule has 2 fully saturated rings. The van der Waals surface area contributed by atoms with Crippen molar-refractivity contribution in [2.24, 2.45) is 0 Å². The minimum absolute atomic E-state index is 0.745. The molecule has 0 bridgehead atoms. The van der Waals surface area contributed by atoms with Gasteiger partial charge in [-0.05, 0) is 38.3 Å². The quantitative estimate of drug-likeness (QED) is 0.817. The summed E-state index contributed by atoms with van der Waals surface area (Å²) >= 11 is 0. The van der Waals surface area contributed by atoms with E-state index in [9.17, 15) is 0 Å². The fraction of sp³-hybridized carbons (Fsp3) is 0.750. The molecule has 1 aromatic heterocycles. The molecule has 0 saturated heterocycles. The molecule has 0 amide bonds. The molecule has 3 heteroatoms. The molecule has 1 N–H and O–H groups in total. The first-order valence-electron chi connectivity index (χ1n) is 7.89. The summed E-state index contributed by atoms with van der Waals surface area (Å²) in [6.07, 6.45) is 10.1. The summed E-state index contributed by atoms with van der Waals surface area (Å²) < 4.78 is 5.66. The van der Waals surface area contributed by atoms with Crippen LogP contribution in [0, 0.1) is 0 Å². The van der Waals surface area contributed by atoms with Crippen LogP contribution in [0.15, 0.2) is 16.7 Å². The molecular formula is C16H26N2O. The molecule has 106 valence electrons. The van der Waals surface area contributed by atoms with Crippen molar-refractivity contribution < 1.29 is 4.42 Å². The molecule has 2 aliphatic rings. The van der Waals surface area contributed by atoms with Gasteiger partial charge < -0.3 is 9.73 Å². The highest BCUT2D eigenvalue weighted by Crippen LogP contribution is 2.26. The lowest BCUT2D eigenvalue weighted by atomic mass is 10.1. The zero-order valence-electron chi connectivity index (χ0n) is 12.0. The molecular weight excluding hydrogens is 236 g/mol. The van der Waals surface area contributed by atoms with Gasteiger partial charge in [-0.25, -0.2) is 0 Å². The molecule has 1 aromatic rings. The number of nitrogens with zero attached hydrogens (tertiary/aromatic N) is 1. The van der Waals surface area contributed by atoms with E-state index in [1.807, 2.05) is 6.26 Å². The van der Waals surface area contributed by atoms with Crippen LogP contribution in [0.1, 0.15) is 56.8 Å². The Morgan fingerprint density at radius 2 is 2.05 bits per heavy atom. The average molecular weight is 262 g/mol. The largest absolute Gasteiger partial charge is 0.468 e. The van der Waals surface area contributed by atoms with Gasteiger partial charge in [-0.2, -0.15) is 0 Å². The lowest BCUT2D eigenvalue weighted by molar-refractivity contribution is 0.198. The van der Waals surface area contributed by atoms with Crippen LogP contribution in [0.5, 0.6) is 0 Å². The van der Waals surface area contributed by atoms with Gasteiger partial charge in [-0.1, -0.05) is 19.8 Å². The molecule has 0 aromatic carbocycles. The van der Waals surface area contributed by atoms with Gasteiger partial charge in [0, 0.05) is 24.2 Å². The van der Waals surface area contributed by atoms with Crippen LogP contribution in [-0.2, 0) is 13.1 Å². The van der Waals surface area contributed by atoms with Gasteiger partial charge in [-0.3, -0.25) is 4.90 Å². The van der Waals surface area contributed by atoms with Gasteiger partial charge in [0.05, 0.1) is 12.8 Å². The second-order valence-corrected chi connectivity index (χ2v) is 6.03. The number of hydrogen-bond acceptors (Lipinski definition) is 3. The molecule has 2 saturated carbocycles. The topological polar surface area (TPSA) is 28.4 Å². The Labute approximate surface area is 116 Å². The number of furan rings is 1. The summed E-state index contributed by atoms with van der Waals surface area (Å²) in [7, 11) is 0. The van der Waals surface area contributed by atoms with Crippen LogP contribution in [-0.4, -0.2) is 23.5 Å². The Hall–Kier alpha value is -0.800.